The maximum Gasteiger partial charge on any atom is 0.275 e. The second-order valence-electron chi connectivity index (χ2n) is 4.50. The predicted octanol–water partition coefficient (Wildman–Crippen LogP) is 1.95. The van der Waals surface area contributed by atoms with E-state index in [1.807, 2.05) is 0 Å². The van der Waals surface area contributed by atoms with Crippen LogP contribution in [-0.4, -0.2) is 17.0 Å². The second kappa shape index (κ2) is 6.41. The molecular weight excluding hydrogens is 294 g/mol. The summed E-state index contributed by atoms with van der Waals surface area (Å²) in [5.41, 5.74) is 6.27. The average molecular weight is 308 g/mol. The van der Waals surface area contributed by atoms with Crippen molar-refractivity contribution in [1.29, 1.82) is 0 Å². The van der Waals surface area contributed by atoms with Crippen molar-refractivity contribution in [3.63, 3.8) is 0 Å². The summed E-state index contributed by atoms with van der Waals surface area (Å²) >= 11 is 5.77. The molecule has 2 rings (SSSR count). The van der Waals surface area contributed by atoms with Gasteiger partial charge in [0.05, 0.1) is 12.1 Å². The zero-order valence-electron chi connectivity index (χ0n) is 11.6. The summed E-state index contributed by atoms with van der Waals surface area (Å²) in [6.45, 7) is 3.28. The molecule has 0 bridgehead atoms. The molecule has 0 spiro atoms. The van der Waals surface area contributed by atoms with Crippen molar-refractivity contribution in [2.75, 3.05) is 0 Å². The number of hydrogen-bond acceptors (Lipinski definition) is 4. The number of rotatable bonds is 3. The number of nitrogens with zero attached hydrogens (tertiary/aromatic N) is 1. The summed E-state index contributed by atoms with van der Waals surface area (Å²) < 4.78 is 4.89. The Balaban J connectivity index is 1.89. The van der Waals surface area contributed by atoms with Gasteiger partial charge in [0.1, 0.15) is 11.3 Å². The highest BCUT2D eigenvalue weighted by molar-refractivity contribution is 6.30. The Morgan fingerprint density at radius 3 is 2.43 bits per heavy atom. The van der Waals surface area contributed by atoms with Crippen molar-refractivity contribution in [2.45, 2.75) is 20.3 Å². The van der Waals surface area contributed by atoms with E-state index in [0.717, 1.165) is 5.56 Å². The van der Waals surface area contributed by atoms with E-state index in [9.17, 15) is 9.59 Å². The maximum absolute atomic E-state index is 11.9. The molecule has 0 aliphatic carbocycles. The third-order valence-electron chi connectivity index (χ3n) is 2.85. The van der Waals surface area contributed by atoms with Gasteiger partial charge in [0.25, 0.3) is 5.91 Å². The quantitative estimate of drug-likeness (QED) is 0.849. The normalized spacial score (nSPS) is 10.2. The van der Waals surface area contributed by atoms with Gasteiger partial charge in [-0.25, -0.2) is 0 Å². The molecule has 2 aromatic rings. The Labute approximate surface area is 126 Å². The number of aromatic nitrogens is 1. The van der Waals surface area contributed by atoms with E-state index in [4.69, 9.17) is 16.1 Å². The second-order valence-corrected chi connectivity index (χ2v) is 4.94. The molecule has 0 aliphatic rings. The zero-order chi connectivity index (χ0) is 15.4. The lowest BCUT2D eigenvalue weighted by Gasteiger charge is -2.07. The maximum atomic E-state index is 11.9. The highest BCUT2D eigenvalue weighted by atomic mass is 35.5. The van der Waals surface area contributed by atoms with E-state index in [1.165, 1.54) is 0 Å². The summed E-state index contributed by atoms with van der Waals surface area (Å²) in [5, 5.41) is 4.28. The van der Waals surface area contributed by atoms with E-state index >= 15 is 0 Å². The fraction of sp³-hybridized carbons (Fsp3) is 0.214. The Hall–Kier alpha value is -2.34. The first-order chi connectivity index (χ1) is 9.97. The molecule has 110 valence electrons. The monoisotopic (exact) mass is 307 g/mol. The Morgan fingerprint density at radius 1 is 1.19 bits per heavy atom. The number of carbonyl (C=O) groups is 2. The number of halogens is 1. The van der Waals surface area contributed by atoms with Crippen LogP contribution in [0.1, 0.15) is 27.4 Å². The van der Waals surface area contributed by atoms with Crippen LogP contribution < -0.4 is 10.9 Å². The van der Waals surface area contributed by atoms with Crippen LogP contribution in [0.15, 0.2) is 28.8 Å². The van der Waals surface area contributed by atoms with Gasteiger partial charge in [0, 0.05) is 5.02 Å². The smallest absolute Gasteiger partial charge is 0.275 e. The summed E-state index contributed by atoms with van der Waals surface area (Å²) in [6, 6.07) is 6.90. The molecule has 0 unspecified atom stereocenters. The van der Waals surface area contributed by atoms with Crippen LogP contribution in [0.2, 0.25) is 5.02 Å². The zero-order valence-corrected chi connectivity index (χ0v) is 12.3. The molecule has 1 heterocycles. The van der Waals surface area contributed by atoms with Gasteiger partial charge in [0.15, 0.2) is 0 Å². The fourth-order valence-corrected chi connectivity index (χ4v) is 1.95. The van der Waals surface area contributed by atoms with Gasteiger partial charge in [-0.05, 0) is 31.5 Å². The van der Waals surface area contributed by atoms with Gasteiger partial charge >= 0.3 is 0 Å². The van der Waals surface area contributed by atoms with Gasteiger partial charge in [-0.1, -0.05) is 28.9 Å². The number of hydrogen-bond donors (Lipinski definition) is 2. The molecule has 0 aliphatic heterocycles. The van der Waals surface area contributed by atoms with E-state index in [1.54, 1.807) is 38.1 Å². The minimum atomic E-state index is -0.462. The van der Waals surface area contributed by atoms with Crippen molar-refractivity contribution >= 4 is 23.4 Å². The summed E-state index contributed by atoms with van der Waals surface area (Å²) in [6.07, 6.45) is 0.138. The van der Waals surface area contributed by atoms with Crippen molar-refractivity contribution in [3.05, 3.63) is 51.9 Å². The molecule has 21 heavy (non-hydrogen) atoms. The van der Waals surface area contributed by atoms with E-state index < -0.39 is 5.91 Å². The molecule has 0 atom stereocenters. The van der Waals surface area contributed by atoms with Gasteiger partial charge in [-0.2, -0.15) is 0 Å². The lowest BCUT2D eigenvalue weighted by Crippen LogP contribution is -2.42. The Bertz CT molecular complexity index is 645. The van der Waals surface area contributed by atoms with Crippen LogP contribution >= 0.6 is 11.6 Å². The molecule has 0 saturated carbocycles. The topological polar surface area (TPSA) is 84.2 Å². The highest BCUT2D eigenvalue weighted by Crippen LogP contribution is 2.11. The molecule has 1 aromatic carbocycles. The van der Waals surface area contributed by atoms with Gasteiger partial charge < -0.3 is 4.52 Å². The molecule has 0 fully saturated rings. The minimum absolute atomic E-state index is 0.138. The number of amides is 2. The molecule has 6 nitrogen and oxygen atoms in total. The van der Waals surface area contributed by atoms with Crippen LogP contribution in [-0.2, 0) is 11.2 Å². The molecule has 2 amide bonds. The number of hydrazine groups is 1. The standard InChI is InChI=1S/C14H14ClN3O3/c1-8-13(9(2)21-18-8)14(20)17-16-12(19)7-10-3-5-11(15)6-4-10/h3-6H,7H2,1-2H3,(H,16,19)(H,17,20). The first-order valence-electron chi connectivity index (χ1n) is 6.24. The molecule has 7 heteroatoms. The first kappa shape index (κ1) is 15.1. The van der Waals surface area contributed by atoms with Gasteiger partial charge in [0.2, 0.25) is 5.91 Å². The largest absolute Gasteiger partial charge is 0.361 e. The minimum Gasteiger partial charge on any atom is -0.361 e. The van der Waals surface area contributed by atoms with Crippen LogP contribution in [0.4, 0.5) is 0 Å². The number of nitrogens with one attached hydrogen (secondary N) is 2. The van der Waals surface area contributed by atoms with Gasteiger partial charge in [-0.15, -0.1) is 0 Å². The fourth-order valence-electron chi connectivity index (χ4n) is 1.83. The molecule has 1 aromatic heterocycles. The van der Waals surface area contributed by atoms with Gasteiger partial charge in [-0.3, -0.25) is 20.4 Å². The average Bonchev–Trinajstić information content (AvgIpc) is 2.78. The van der Waals surface area contributed by atoms with Crippen LogP contribution in [0.25, 0.3) is 0 Å². The van der Waals surface area contributed by atoms with Crippen molar-refractivity contribution < 1.29 is 14.1 Å². The summed E-state index contributed by atoms with van der Waals surface area (Å²) in [5.74, 6) is -0.398. The lowest BCUT2D eigenvalue weighted by molar-refractivity contribution is -0.121. The highest BCUT2D eigenvalue weighted by Gasteiger charge is 2.17. The molecule has 0 saturated heterocycles. The number of carbonyl (C=O) groups excluding carboxylic acids is 2. The van der Waals surface area contributed by atoms with Crippen molar-refractivity contribution in [1.82, 2.24) is 16.0 Å². The predicted molar refractivity (Wildman–Crippen MR) is 76.7 cm³/mol. The van der Waals surface area contributed by atoms with Crippen LogP contribution in [0.3, 0.4) is 0 Å². The first-order valence-corrected chi connectivity index (χ1v) is 6.61. The third-order valence-corrected chi connectivity index (χ3v) is 3.11. The van der Waals surface area contributed by atoms with Crippen molar-refractivity contribution in [2.24, 2.45) is 0 Å². The molecule has 0 radical (unpaired) electrons. The SMILES string of the molecule is Cc1noc(C)c1C(=O)NNC(=O)Cc1ccc(Cl)cc1. The number of aryl methyl sites for hydroxylation is 2. The van der Waals surface area contributed by atoms with E-state index in [0.29, 0.717) is 22.0 Å². The third kappa shape index (κ3) is 3.82. The molecule has 2 N–H and O–H groups in total. The number of benzene rings is 1. The molecular formula is C14H14ClN3O3. The lowest BCUT2D eigenvalue weighted by atomic mass is 10.1. The van der Waals surface area contributed by atoms with Crippen LogP contribution in [0.5, 0.6) is 0 Å². The van der Waals surface area contributed by atoms with Crippen LogP contribution in [0, 0.1) is 13.8 Å². The van der Waals surface area contributed by atoms with Crippen molar-refractivity contribution in [3.8, 4) is 0 Å². The Kier molecular flexibility index (Phi) is 4.59. The van der Waals surface area contributed by atoms with E-state index in [-0.39, 0.29) is 12.3 Å². The van der Waals surface area contributed by atoms with E-state index in [2.05, 4.69) is 16.0 Å². The summed E-state index contributed by atoms with van der Waals surface area (Å²) in [4.78, 5) is 23.6. The summed E-state index contributed by atoms with van der Waals surface area (Å²) in [7, 11) is 0. The Morgan fingerprint density at radius 2 is 1.86 bits per heavy atom.